The number of nitrogens with two attached hydrogens (primary N) is 1. The van der Waals surface area contributed by atoms with Crippen molar-refractivity contribution >= 4 is 15.9 Å². The van der Waals surface area contributed by atoms with Crippen molar-refractivity contribution in [2.75, 3.05) is 20.7 Å². The minimum Gasteiger partial charge on any atom is -0.497 e. The lowest BCUT2D eigenvalue weighted by Crippen LogP contribution is -2.44. The predicted molar refractivity (Wildman–Crippen MR) is 77.3 cm³/mol. The van der Waals surface area contributed by atoms with E-state index in [4.69, 9.17) is 10.5 Å². The maximum absolute atomic E-state index is 12.7. The van der Waals surface area contributed by atoms with Gasteiger partial charge in [-0.3, -0.25) is 4.79 Å². The maximum atomic E-state index is 12.7. The summed E-state index contributed by atoms with van der Waals surface area (Å²) in [6.45, 7) is 0.123. The van der Waals surface area contributed by atoms with Gasteiger partial charge in [-0.05, 0) is 18.6 Å². The summed E-state index contributed by atoms with van der Waals surface area (Å²) in [4.78, 5) is 12.0. The number of hydrogen-bond donors (Lipinski definition) is 2. The summed E-state index contributed by atoms with van der Waals surface area (Å²) in [6, 6.07) is 5.03. The number of likely N-dealkylation sites (N-methyl/N-ethyl adjacent to an activating group) is 1. The average molecular weight is 313 g/mol. The normalized spacial score (nSPS) is 23.0. The van der Waals surface area contributed by atoms with Crippen molar-refractivity contribution in [1.82, 2.24) is 9.62 Å². The smallest absolute Gasteiger partial charge is 0.243 e. The van der Waals surface area contributed by atoms with E-state index in [1.165, 1.54) is 26.3 Å². The van der Waals surface area contributed by atoms with E-state index >= 15 is 0 Å². The van der Waals surface area contributed by atoms with Crippen molar-refractivity contribution < 1.29 is 17.9 Å². The van der Waals surface area contributed by atoms with Crippen molar-refractivity contribution in [3.63, 3.8) is 0 Å². The maximum Gasteiger partial charge on any atom is 0.243 e. The van der Waals surface area contributed by atoms with Crippen LogP contribution in [0.1, 0.15) is 6.42 Å². The van der Waals surface area contributed by atoms with Crippen LogP contribution >= 0.6 is 0 Å². The summed E-state index contributed by atoms with van der Waals surface area (Å²) in [7, 11) is -0.858. The zero-order valence-electron chi connectivity index (χ0n) is 11.9. The number of benzene rings is 1. The van der Waals surface area contributed by atoms with Crippen LogP contribution in [0.15, 0.2) is 29.2 Å². The fourth-order valence-corrected chi connectivity index (χ4v) is 4.10. The van der Waals surface area contributed by atoms with Crippen molar-refractivity contribution in [3.8, 4) is 5.75 Å². The molecule has 0 unspecified atom stereocenters. The molecule has 0 aromatic heterocycles. The first kappa shape index (κ1) is 15.7. The third kappa shape index (κ3) is 3.02. The van der Waals surface area contributed by atoms with Gasteiger partial charge in [-0.15, -0.1) is 0 Å². The zero-order valence-corrected chi connectivity index (χ0v) is 12.8. The second-order valence-corrected chi connectivity index (χ2v) is 6.77. The van der Waals surface area contributed by atoms with E-state index in [0.717, 1.165) is 4.31 Å². The number of hydrogen-bond acceptors (Lipinski definition) is 5. The van der Waals surface area contributed by atoms with Crippen LogP contribution in [0.25, 0.3) is 0 Å². The molecule has 2 rings (SSSR count). The SMILES string of the molecule is CNC(=O)[C@@H]1C[C@@H](N)CN1S(=O)(=O)c1cccc(OC)c1. The Morgan fingerprint density at radius 3 is 2.81 bits per heavy atom. The summed E-state index contributed by atoms with van der Waals surface area (Å²) in [6.07, 6.45) is 0.308. The Morgan fingerprint density at radius 1 is 1.48 bits per heavy atom. The Hall–Kier alpha value is -1.64. The molecule has 0 spiro atoms. The van der Waals surface area contributed by atoms with Crippen LogP contribution in [0.2, 0.25) is 0 Å². The number of carbonyl (C=O) groups is 1. The highest BCUT2D eigenvalue weighted by atomic mass is 32.2. The predicted octanol–water partition coefficient (Wildman–Crippen LogP) is -0.468. The number of nitrogens with one attached hydrogen (secondary N) is 1. The number of nitrogens with zero attached hydrogens (tertiary/aromatic N) is 1. The van der Waals surface area contributed by atoms with Crippen molar-refractivity contribution in [2.45, 2.75) is 23.4 Å². The summed E-state index contributed by atoms with van der Waals surface area (Å²) >= 11 is 0. The highest BCUT2D eigenvalue weighted by Crippen LogP contribution is 2.27. The standard InChI is InChI=1S/C13H19N3O4S/c1-15-13(17)12-6-9(14)8-16(12)21(18,19)11-5-3-4-10(7-11)20-2/h3-5,7,9,12H,6,8,14H2,1-2H3,(H,15,17)/t9-,12+/m1/s1. The second kappa shape index (κ2) is 6.00. The minimum absolute atomic E-state index is 0.0878. The number of carbonyl (C=O) groups excluding carboxylic acids is 1. The lowest BCUT2D eigenvalue weighted by molar-refractivity contribution is -0.123. The molecular weight excluding hydrogens is 294 g/mol. The largest absolute Gasteiger partial charge is 0.497 e. The lowest BCUT2D eigenvalue weighted by Gasteiger charge is -2.22. The van der Waals surface area contributed by atoms with Gasteiger partial charge in [0.1, 0.15) is 11.8 Å². The molecule has 1 fully saturated rings. The molecule has 0 bridgehead atoms. The van der Waals surface area contributed by atoms with Crippen molar-refractivity contribution in [1.29, 1.82) is 0 Å². The molecule has 0 aliphatic carbocycles. The minimum atomic E-state index is -3.80. The Kier molecular flexibility index (Phi) is 4.50. The molecule has 1 aliphatic rings. The summed E-state index contributed by atoms with van der Waals surface area (Å²) in [5, 5.41) is 2.48. The van der Waals surface area contributed by atoms with Crippen LogP contribution in [0.5, 0.6) is 5.75 Å². The van der Waals surface area contributed by atoms with Gasteiger partial charge in [-0.25, -0.2) is 8.42 Å². The van der Waals surface area contributed by atoms with Crippen LogP contribution in [0.4, 0.5) is 0 Å². The molecule has 1 aromatic carbocycles. The van der Waals surface area contributed by atoms with Crippen LogP contribution < -0.4 is 15.8 Å². The van der Waals surface area contributed by atoms with Gasteiger partial charge in [-0.1, -0.05) is 6.07 Å². The molecule has 116 valence electrons. The van der Waals surface area contributed by atoms with Crippen LogP contribution in [0, 0.1) is 0 Å². The monoisotopic (exact) mass is 313 g/mol. The highest BCUT2D eigenvalue weighted by molar-refractivity contribution is 7.89. The molecule has 3 N–H and O–H groups in total. The van der Waals surface area contributed by atoms with Gasteiger partial charge in [0.25, 0.3) is 0 Å². The van der Waals surface area contributed by atoms with Crippen molar-refractivity contribution in [3.05, 3.63) is 24.3 Å². The van der Waals surface area contributed by atoms with Gasteiger partial charge in [0, 0.05) is 25.7 Å². The van der Waals surface area contributed by atoms with Gasteiger partial charge in [0.15, 0.2) is 0 Å². The van der Waals surface area contributed by atoms with Gasteiger partial charge in [0.2, 0.25) is 15.9 Å². The topological polar surface area (TPSA) is 102 Å². The number of methoxy groups -OCH3 is 1. The summed E-state index contributed by atoms with van der Waals surface area (Å²) < 4.78 is 31.6. The number of sulfonamides is 1. The Labute approximate surface area is 124 Å². The van der Waals surface area contributed by atoms with Gasteiger partial charge in [-0.2, -0.15) is 4.31 Å². The molecule has 1 aliphatic heterocycles. The average Bonchev–Trinajstić information content (AvgIpc) is 2.89. The molecule has 1 aromatic rings. The van der Waals surface area contributed by atoms with E-state index in [1.807, 2.05) is 0 Å². The number of ether oxygens (including phenoxy) is 1. The molecule has 0 saturated carbocycles. The lowest BCUT2D eigenvalue weighted by atomic mass is 10.2. The van der Waals surface area contributed by atoms with E-state index < -0.39 is 16.1 Å². The molecule has 0 radical (unpaired) electrons. The van der Waals surface area contributed by atoms with E-state index in [2.05, 4.69) is 5.32 Å². The van der Waals surface area contributed by atoms with Gasteiger partial charge < -0.3 is 15.8 Å². The fraction of sp³-hybridized carbons (Fsp3) is 0.462. The summed E-state index contributed by atoms with van der Waals surface area (Å²) in [5.74, 6) is 0.0884. The van der Waals surface area contributed by atoms with Crippen molar-refractivity contribution in [2.24, 2.45) is 5.73 Å². The molecule has 2 atom stereocenters. The molecule has 8 heteroatoms. The van der Waals surface area contributed by atoms with Crippen LogP contribution in [-0.4, -0.2) is 51.4 Å². The fourth-order valence-electron chi connectivity index (χ4n) is 2.40. The third-order valence-corrected chi connectivity index (χ3v) is 5.36. The first-order valence-electron chi connectivity index (χ1n) is 6.53. The van der Waals surface area contributed by atoms with E-state index in [0.29, 0.717) is 12.2 Å². The third-order valence-electron chi connectivity index (χ3n) is 3.48. The van der Waals surface area contributed by atoms with Gasteiger partial charge >= 0.3 is 0 Å². The van der Waals surface area contributed by atoms with E-state index in [1.54, 1.807) is 12.1 Å². The highest BCUT2D eigenvalue weighted by Gasteiger charge is 2.42. The zero-order chi connectivity index (χ0) is 15.6. The molecule has 1 amide bonds. The van der Waals surface area contributed by atoms with Crippen LogP contribution in [-0.2, 0) is 14.8 Å². The second-order valence-electron chi connectivity index (χ2n) is 4.88. The number of amides is 1. The van der Waals surface area contributed by atoms with E-state index in [9.17, 15) is 13.2 Å². The Bertz CT molecular complexity index is 632. The molecule has 1 heterocycles. The van der Waals surface area contributed by atoms with Crippen LogP contribution in [0.3, 0.4) is 0 Å². The molecule has 21 heavy (non-hydrogen) atoms. The Balaban J connectivity index is 2.39. The first-order valence-corrected chi connectivity index (χ1v) is 7.97. The van der Waals surface area contributed by atoms with Gasteiger partial charge in [0.05, 0.1) is 12.0 Å². The molecule has 1 saturated heterocycles. The first-order chi connectivity index (χ1) is 9.90. The van der Waals surface area contributed by atoms with E-state index in [-0.39, 0.29) is 23.4 Å². The number of rotatable bonds is 4. The summed E-state index contributed by atoms with van der Waals surface area (Å²) in [5.41, 5.74) is 5.83. The Morgan fingerprint density at radius 2 is 2.19 bits per heavy atom. The molecular formula is C13H19N3O4S. The molecule has 7 nitrogen and oxygen atoms in total. The quantitative estimate of drug-likeness (QED) is 0.782.